The Balaban J connectivity index is 1.80. The summed E-state index contributed by atoms with van der Waals surface area (Å²) in [5, 5.41) is 17.2. The van der Waals surface area contributed by atoms with Crippen LogP contribution in [0, 0.1) is 5.92 Å². The van der Waals surface area contributed by atoms with Gasteiger partial charge in [0.05, 0.1) is 17.4 Å². The SMILES string of the molecule is CC(C)C(C)(COc1ccc2c(Nc3ccc(Cl)nc3)nccc2c1)NC(=O)O. The first-order chi connectivity index (χ1) is 13.8. The lowest BCUT2D eigenvalue weighted by atomic mass is 9.89. The van der Waals surface area contributed by atoms with Crippen LogP contribution in [-0.2, 0) is 0 Å². The Bertz CT molecular complexity index is 1010. The zero-order valence-corrected chi connectivity index (χ0v) is 17.2. The maximum Gasteiger partial charge on any atom is 0.405 e. The predicted molar refractivity (Wildman–Crippen MR) is 114 cm³/mol. The maximum absolute atomic E-state index is 11.1. The highest BCUT2D eigenvalue weighted by molar-refractivity contribution is 6.29. The molecule has 0 saturated carbocycles. The molecule has 0 aliphatic heterocycles. The van der Waals surface area contributed by atoms with Crippen LogP contribution in [-0.4, -0.2) is 33.3 Å². The van der Waals surface area contributed by atoms with Gasteiger partial charge in [0.1, 0.15) is 23.3 Å². The van der Waals surface area contributed by atoms with Crippen LogP contribution in [0.15, 0.2) is 48.8 Å². The van der Waals surface area contributed by atoms with Crippen molar-refractivity contribution in [1.29, 1.82) is 0 Å². The first kappa shape index (κ1) is 20.7. The number of rotatable bonds is 7. The van der Waals surface area contributed by atoms with Gasteiger partial charge in [-0.05, 0) is 54.6 Å². The van der Waals surface area contributed by atoms with Gasteiger partial charge in [0.15, 0.2) is 0 Å². The summed E-state index contributed by atoms with van der Waals surface area (Å²) in [6.07, 6.45) is 2.28. The molecule has 0 aliphatic carbocycles. The summed E-state index contributed by atoms with van der Waals surface area (Å²) in [6, 6.07) is 11.1. The minimum absolute atomic E-state index is 0.0621. The molecule has 3 N–H and O–H groups in total. The molecule has 3 aromatic rings. The van der Waals surface area contributed by atoms with Gasteiger partial charge < -0.3 is 20.5 Å². The first-order valence-electron chi connectivity index (χ1n) is 9.18. The molecule has 152 valence electrons. The van der Waals surface area contributed by atoms with E-state index in [2.05, 4.69) is 20.6 Å². The Morgan fingerprint density at radius 1 is 1.24 bits per heavy atom. The first-order valence-corrected chi connectivity index (χ1v) is 9.56. The van der Waals surface area contributed by atoms with Crippen LogP contribution in [0.5, 0.6) is 5.75 Å². The summed E-state index contributed by atoms with van der Waals surface area (Å²) in [5.41, 5.74) is 0.0787. The third-order valence-corrected chi connectivity index (χ3v) is 5.16. The van der Waals surface area contributed by atoms with Gasteiger partial charge >= 0.3 is 6.09 Å². The van der Waals surface area contributed by atoms with E-state index in [0.717, 1.165) is 16.5 Å². The van der Waals surface area contributed by atoms with Crippen molar-refractivity contribution in [2.75, 3.05) is 11.9 Å². The molecular weight excluding hydrogens is 392 g/mol. The minimum atomic E-state index is -1.07. The molecule has 2 aromatic heterocycles. The second-order valence-corrected chi connectivity index (χ2v) is 7.72. The molecule has 0 radical (unpaired) electrons. The topological polar surface area (TPSA) is 96.4 Å². The van der Waals surface area contributed by atoms with E-state index in [9.17, 15) is 4.79 Å². The highest BCUT2D eigenvalue weighted by Crippen LogP contribution is 2.28. The number of anilines is 2. The Kier molecular flexibility index (Phi) is 6.08. The number of benzene rings is 1. The number of nitrogens with one attached hydrogen (secondary N) is 2. The van der Waals surface area contributed by atoms with Gasteiger partial charge in [-0.3, -0.25) is 0 Å². The molecule has 2 heterocycles. The fourth-order valence-corrected chi connectivity index (χ4v) is 2.87. The van der Waals surface area contributed by atoms with E-state index < -0.39 is 11.6 Å². The third kappa shape index (κ3) is 5.06. The Hall–Kier alpha value is -3.06. The summed E-state index contributed by atoms with van der Waals surface area (Å²) in [6.45, 7) is 5.96. The van der Waals surface area contributed by atoms with E-state index in [1.165, 1.54) is 0 Å². The van der Waals surface area contributed by atoms with Crippen LogP contribution < -0.4 is 15.4 Å². The van der Waals surface area contributed by atoms with E-state index in [0.29, 0.717) is 16.7 Å². The molecule has 0 saturated heterocycles. The monoisotopic (exact) mass is 414 g/mol. The zero-order valence-electron chi connectivity index (χ0n) is 16.4. The largest absolute Gasteiger partial charge is 0.491 e. The normalized spacial score (nSPS) is 13.1. The van der Waals surface area contributed by atoms with Crippen molar-refractivity contribution in [2.45, 2.75) is 26.3 Å². The molecule has 0 fully saturated rings. The predicted octanol–water partition coefficient (Wildman–Crippen LogP) is 5.09. The number of amides is 1. The molecule has 0 aliphatic rings. The van der Waals surface area contributed by atoms with Crippen molar-refractivity contribution in [1.82, 2.24) is 15.3 Å². The van der Waals surface area contributed by atoms with Crippen molar-refractivity contribution < 1.29 is 14.6 Å². The Labute approximate surface area is 174 Å². The molecule has 0 spiro atoms. The molecular formula is C21H23ClN4O3. The van der Waals surface area contributed by atoms with Crippen molar-refractivity contribution in [3.8, 4) is 5.75 Å². The number of nitrogens with zero attached hydrogens (tertiary/aromatic N) is 2. The smallest absolute Gasteiger partial charge is 0.405 e. The van der Waals surface area contributed by atoms with E-state index in [4.69, 9.17) is 21.4 Å². The molecule has 1 aromatic carbocycles. The van der Waals surface area contributed by atoms with Gasteiger partial charge in [0, 0.05) is 11.6 Å². The molecule has 7 nitrogen and oxygen atoms in total. The van der Waals surface area contributed by atoms with Gasteiger partial charge in [-0.1, -0.05) is 25.4 Å². The molecule has 8 heteroatoms. The number of halogens is 1. The van der Waals surface area contributed by atoms with Crippen molar-refractivity contribution in [2.24, 2.45) is 5.92 Å². The quantitative estimate of drug-likeness (QED) is 0.466. The van der Waals surface area contributed by atoms with E-state index in [-0.39, 0.29) is 12.5 Å². The number of ether oxygens (including phenoxy) is 1. The van der Waals surface area contributed by atoms with Crippen molar-refractivity contribution in [3.63, 3.8) is 0 Å². The van der Waals surface area contributed by atoms with Crippen molar-refractivity contribution >= 4 is 40.0 Å². The fourth-order valence-electron chi connectivity index (χ4n) is 2.76. The second-order valence-electron chi connectivity index (χ2n) is 7.33. The fraction of sp³-hybridized carbons (Fsp3) is 0.286. The Morgan fingerprint density at radius 2 is 2.03 bits per heavy atom. The highest BCUT2D eigenvalue weighted by Gasteiger charge is 2.31. The molecule has 29 heavy (non-hydrogen) atoms. The lowest BCUT2D eigenvalue weighted by molar-refractivity contribution is 0.130. The summed E-state index contributed by atoms with van der Waals surface area (Å²) in [5.74, 6) is 1.41. The van der Waals surface area contributed by atoms with E-state index in [1.54, 1.807) is 18.5 Å². The summed E-state index contributed by atoms with van der Waals surface area (Å²) >= 11 is 5.83. The van der Waals surface area contributed by atoms with Gasteiger partial charge in [-0.2, -0.15) is 0 Å². The Morgan fingerprint density at radius 3 is 2.69 bits per heavy atom. The number of fused-ring (bicyclic) bond motifs is 1. The van der Waals surface area contributed by atoms with Gasteiger partial charge in [0.2, 0.25) is 0 Å². The number of carboxylic acid groups (broad SMARTS) is 1. The number of pyridine rings is 2. The number of hydrogen-bond acceptors (Lipinski definition) is 5. The second kappa shape index (κ2) is 8.53. The number of aromatic nitrogens is 2. The minimum Gasteiger partial charge on any atom is -0.491 e. The van der Waals surface area contributed by atoms with Crippen LogP contribution in [0.4, 0.5) is 16.3 Å². The molecule has 0 bridgehead atoms. The van der Waals surface area contributed by atoms with E-state index >= 15 is 0 Å². The van der Waals surface area contributed by atoms with Crippen LogP contribution in [0.2, 0.25) is 5.15 Å². The maximum atomic E-state index is 11.1. The van der Waals surface area contributed by atoms with E-state index in [1.807, 2.05) is 51.1 Å². The summed E-state index contributed by atoms with van der Waals surface area (Å²) in [4.78, 5) is 19.6. The highest BCUT2D eigenvalue weighted by atomic mass is 35.5. The van der Waals surface area contributed by atoms with Gasteiger partial charge in [-0.15, -0.1) is 0 Å². The van der Waals surface area contributed by atoms with Crippen LogP contribution >= 0.6 is 11.6 Å². The summed E-state index contributed by atoms with van der Waals surface area (Å²) < 4.78 is 5.92. The zero-order chi connectivity index (χ0) is 21.0. The molecule has 1 amide bonds. The van der Waals surface area contributed by atoms with Crippen LogP contribution in [0.1, 0.15) is 20.8 Å². The number of hydrogen-bond donors (Lipinski definition) is 3. The average Bonchev–Trinajstić information content (AvgIpc) is 2.67. The van der Waals surface area contributed by atoms with Crippen LogP contribution in [0.25, 0.3) is 10.8 Å². The van der Waals surface area contributed by atoms with Gasteiger partial charge in [0.25, 0.3) is 0 Å². The molecule has 1 atom stereocenters. The van der Waals surface area contributed by atoms with Crippen molar-refractivity contribution in [3.05, 3.63) is 53.9 Å². The lowest BCUT2D eigenvalue weighted by Crippen LogP contribution is -2.53. The standard InChI is InChI=1S/C21H23ClN4O3/c1-13(2)21(3,26-20(27)28)12-29-16-5-6-17-14(10-16)8-9-23-19(17)25-15-4-7-18(22)24-11-15/h4-11,13,26H,12H2,1-3H3,(H,23,25)(H,27,28). The molecule has 1 unspecified atom stereocenters. The van der Waals surface area contributed by atoms with Gasteiger partial charge in [-0.25, -0.2) is 14.8 Å². The summed E-state index contributed by atoms with van der Waals surface area (Å²) in [7, 11) is 0. The van der Waals surface area contributed by atoms with Crippen LogP contribution in [0.3, 0.4) is 0 Å². The third-order valence-electron chi connectivity index (χ3n) is 4.93. The number of carbonyl (C=O) groups is 1. The average molecular weight is 415 g/mol. The molecule has 3 rings (SSSR count). The lowest BCUT2D eigenvalue weighted by Gasteiger charge is -2.33.